The van der Waals surface area contributed by atoms with Crippen LogP contribution in [0, 0.1) is 0 Å². The highest BCUT2D eigenvalue weighted by atomic mass is 32.1. The molecule has 0 saturated heterocycles. The van der Waals surface area contributed by atoms with Crippen LogP contribution in [0.5, 0.6) is 0 Å². The second-order valence-corrected chi connectivity index (χ2v) is 9.38. The summed E-state index contributed by atoms with van der Waals surface area (Å²) in [4.78, 5) is 43.6. The number of alkyl carbamates (subject to hydrolysis) is 1. The van der Waals surface area contributed by atoms with Gasteiger partial charge in [-0.1, -0.05) is 55.5 Å². The Morgan fingerprint density at radius 2 is 1.74 bits per heavy atom. The summed E-state index contributed by atoms with van der Waals surface area (Å²) in [5.74, 6) is -1.70. The van der Waals surface area contributed by atoms with Crippen LogP contribution in [-0.2, 0) is 20.7 Å². The van der Waals surface area contributed by atoms with Crippen LogP contribution in [0.15, 0.2) is 60.2 Å². The van der Waals surface area contributed by atoms with E-state index in [0.717, 1.165) is 32.0 Å². The van der Waals surface area contributed by atoms with Gasteiger partial charge in [-0.05, 0) is 28.7 Å². The lowest BCUT2D eigenvalue weighted by molar-refractivity contribution is -0.149. The van der Waals surface area contributed by atoms with Gasteiger partial charge >= 0.3 is 12.1 Å². The maximum Gasteiger partial charge on any atom is 0.407 e. The number of ether oxygens (including phenoxy) is 1. The number of rotatable bonds is 9. The Bertz CT molecular complexity index is 1170. The Morgan fingerprint density at radius 1 is 1.11 bits per heavy atom. The normalized spacial score (nSPS) is 13.9. The van der Waals surface area contributed by atoms with E-state index in [-0.39, 0.29) is 25.4 Å². The van der Waals surface area contributed by atoms with Gasteiger partial charge in [0.1, 0.15) is 18.7 Å². The number of carbonyl (C=O) groups excluding carboxylic acids is 2. The van der Waals surface area contributed by atoms with Crippen LogP contribution < -0.4 is 5.32 Å². The lowest BCUT2D eigenvalue weighted by Crippen LogP contribution is -2.53. The van der Waals surface area contributed by atoms with E-state index in [1.165, 1.54) is 18.4 Å². The number of carboxylic acid groups (broad SMARTS) is 1. The first-order valence-corrected chi connectivity index (χ1v) is 12.3. The van der Waals surface area contributed by atoms with Crippen molar-refractivity contribution in [2.45, 2.75) is 37.8 Å². The summed E-state index contributed by atoms with van der Waals surface area (Å²) >= 11 is 1.36. The molecule has 2 atom stereocenters. The van der Waals surface area contributed by atoms with Crippen molar-refractivity contribution in [1.82, 2.24) is 15.2 Å². The van der Waals surface area contributed by atoms with Gasteiger partial charge in [0.25, 0.3) is 0 Å². The van der Waals surface area contributed by atoms with Crippen molar-refractivity contribution in [2.75, 3.05) is 13.7 Å². The summed E-state index contributed by atoms with van der Waals surface area (Å²) in [5, 5.41) is 12.1. The molecule has 0 saturated carbocycles. The fourth-order valence-electron chi connectivity index (χ4n) is 4.54. The van der Waals surface area contributed by atoms with Crippen LogP contribution in [0.1, 0.15) is 35.3 Å². The molecule has 0 fully saturated rings. The van der Waals surface area contributed by atoms with Gasteiger partial charge < -0.3 is 20.1 Å². The van der Waals surface area contributed by atoms with Crippen molar-refractivity contribution < 1.29 is 24.2 Å². The number of carbonyl (C=O) groups is 3. The van der Waals surface area contributed by atoms with Gasteiger partial charge in [0.15, 0.2) is 0 Å². The van der Waals surface area contributed by atoms with E-state index in [1.807, 2.05) is 36.4 Å². The Balaban J connectivity index is 1.47. The monoisotopic (exact) mass is 493 g/mol. The highest BCUT2D eigenvalue weighted by molar-refractivity contribution is 7.09. The summed E-state index contributed by atoms with van der Waals surface area (Å²) in [5.41, 5.74) is 6.06. The van der Waals surface area contributed by atoms with Crippen LogP contribution in [0.25, 0.3) is 11.1 Å². The summed E-state index contributed by atoms with van der Waals surface area (Å²) in [6.45, 7) is 1.81. The molecule has 2 N–H and O–H groups in total. The van der Waals surface area contributed by atoms with Crippen LogP contribution >= 0.6 is 11.3 Å². The molecule has 0 aliphatic heterocycles. The van der Waals surface area contributed by atoms with Crippen molar-refractivity contribution in [3.8, 4) is 11.1 Å². The molecule has 2 amide bonds. The average Bonchev–Trinajstić information content (AvgIpc) is 3.48. The van der Waals surface area contributed by atoms with Crippen LogP contribution in [-0.4, -0.2) is 58.7 Å². The van der Waals surface area contributed by atoms with Crippen molar-refractivity contribution in [2.24, 2.45) is 0 Å². The van der Waals surface area contributed by atoms with E-state index in [2.05, 4.69) is 22.4 Å². The zero-order valence-electron chi connectivity index (χ0n) is 19.5. The van der Waals surface area contributed by atoms with Crippen LogP contribution in [0.2, 0.25) is 0 Å². The predicted molar refractivity (Wildman–Crippen MR) is 132 cm³/mol. The maximum atomic E-state index is 13.2. The van der Waals surface area contributed by atoms with Gasteiger partial charge in [0.05, 0.1) is 5.51 Å². The third-order valence-corrected chi connectivity index (χ3v) is 7.11. The van der Waals surface area contributed by atoms with Crippen molar-refractivity contribution in [3.05, 3.63) is 76.2 Å². The summed E-state index contributed by atoms with van der Waals surface area (Å²) in [6.07, 6.45) is 1.33. The minimum Gasteiger partial charge on any atom is -0.480 e. The lowest BCUT2D eigenvalue weighted by atomic mass is 9.98. The fraction of sp³-hybridized carbons (Fsp3) is 0.308. The number of carboxylic acids is 1. The second kappa shape index (κ2) is 10.7. The molecule has 1 aliphatic carbocycles. The van der Waals surface area contributed by atoms with Gasteiger partial charge in [0.2, 0.25) is 5.91 Å². The Hall–Kier alpha value is -3.72. The Kier molecular flexibility index (Phi) is 7.45. The summed E-state index contributed by atoms with van der Waals surface area (Å²) < 4.78 is 5.60. The first-order chi connectivity index (χ1) is 16.9. The molecule has 3 aromatic rings. The third-order valence-electron chi connectivity index (χ3n) is 6.31. The topological polar surface area (TPSA) is 109 Å². The predicted octanol–water partition coefficient (Wildman–Crippen LogP) is 3.91. The van der Waals surface area contributed by atoms with Crippen molar-refractivity contribution in [1.29, 1.82) is 0 Å². The van der Waals surface area contributed by atoms with Crippen molar-refractivity contribution >= 4 is 29.3 Å². The number of fused-ring (bicyclic) bond motifs is 3. The van der Waals surface area contributed by atoms with E-state index >= 15 is 0 Å². The fourth-order valence-corrected chi connectivity index (χ4v) is 5.18. The maximum absolute atomic E-state index is 13.2. The average molecular weight is 494 g/mol. The Morgan fingerprint density at radius 3 is 2.29 bits per heavy atom. The molecule has 0 radical (unpaired) electrons. The number of aliphatic carboxylic acids is 1. The van der Waals surface area contributed by atoms with Crippen LogP contribution in [0.3, 0.4) is 0 Å². The second-order valence-electron chi connectivity index (χ2n) is 8.41. The molecule has 4 rings (SSSR count). The SMILES string of the molecule is CCC(C(=O)O)N(C)C(=O)C(Cc1cncs1)NC(=O)OCC1c2ccccc2-c2ccccc21. The number of thiazole rings is 1. The quantitative estimate of drug-likeness (QED) is 0.468. The number of nitrogens with one attached hydrogen (secondary N) is 1. The molecule has 9 heteroatoms. The molecule has 1 aliphatic rings. The number of aromatic nitrogens is 1. The molecule has 0 spiro atoms. The molecular formula is C26H27N3O5S. The highest BCUT2D eigenvalue weighted by Gasteiger charge is 2.33. The third kappa shape index (κ3) is 5.19. The lowest BCUT2D eigenvalue weighted by Gasteiger charge is -2.28. The molecule has 2 unspecified atom stereocenters. The van der Waals surface area contributed by atoms with E-state index in [1.54, 1.807) is 18.6 Å². The zero-order valence-corrected chi connectivity index (χ0v) is 20.3. The molecule has 35 heavy (non-hydrogen) atoms. The number of hydrogen-bond donors (Lipinski definition) is 2. The first kappa shape index (κ1) is 24.4. The molecule has 8 nitrogen and oxygen atoms in total. The standard InChI is InChI=1S/C26H27N3O5S/c1-3-23(25(31)32)29(2)24(30)22(12-16-13-27-15-35-16)28-26(33)34-14-21-19-10-6-4-8-17(19)18-9-5-7-11-20(18)21/h4-11,13,15,21-23H,3,12,14H2,1-2H3,(H,28,33)(H,31,32). The van der Waals surface area contributed by atoms with E-state index in [9.17, 15) is 19.5 Å². The van der Waals surface area contributed by atoms with Gasteiger partial charge in [0, 0.05) is 30.5 Å². The van der Waals surface area contributed by atoms with E-state index in [4.69, 9.17) is 4.74 Å². The summed E-state index contributed by atoms with van der Waals surface area (Å²) in [6, 6.07) is 14.1. The highest BCUT2D eigenvalue weighted by Crippen LogP contribution is 2.44. The van der Waals surface area contributed by atoms with Gasteiger partial charge in [-0.3, -0.25) is 9.78 Å². The number of benzene rings is 2. The first-order valence-electron chi connectivity index (χ1n) is 11.4. The molecular weight excluding hydrogens is 466 g/mol. The number of nitrogens with zero attached hydrogens (tertiary/aromatic N) is 2. The number of amides is 2. The number of likely N-dealkylation sites (N-methyl/N-ethyl adjacent to an activating group) is 1. The number of hydrogen-bond acceptors (Lipinski definition) is 6. The van der Waals surface area contributed by atoms with Gasteiger partial charge in [-0.2, -0.15) is 0 Å². The van der Waals surface area contributed by atoms with E-state index in [0.29, 0.717) is 0 Å². The molecule has 2 aromatic carbocycles. The summed E-state index contributed by atoms with van der Waals surface area (Å²) in [7, 11) is 1.43. The van der Waals surface area contributed by atoms with Gasteiger partial charge in [-0.15, -0.1) is 11.3 Å². The van der Waals surface area contributed by atoms with Crippen molar-refractivity contribution in [3.63, 3.8) is 0 Å². The van der Waals surface area contributed by atoms with E-state index < -0.39 is 30.1 Å². The van der Waals surface area contributed by atoms with Gasteiger partial charge in [-0.25, -0.2) is 9.59 Å². The largest absolute Gasteiger partial charge is 0.480 e. The van der Waals surface area contributed by atoms with Crippen LogP contribution in [0.4, 0.5) is 4.79 Å². The molecule has 1 heterocycles. The smallest absolute Gasteiger partial charge is 0.407 e. The molecule has 1 aromatic heterocycles. The molecule has 0 bridgehead atoms. The minimum absolute atomic E-state index is 0.108. The zero-order chi connectivity index (χ0) is 24.9. The molecule has 182 valence electrons. The Labute approximate surface area is 207 Å². The minimum atomic E-state index is -1.10.